The summed E-state index contributed by atoms with van der Waals surface area (Å²) < 4.78 is 5.55. The van der Waals surface area contributed by atoms with Crippen molar-refractivity contribution >= 4 is 12.0 Å². The minimum Gasteiger partial charge on any atom is -0.492 e. The lowest BCUT2D eigenvalue weighted by molar-refractivity contribution is -0.137. The van der Waals surface area contributed by atoms with Gasteiger partial charge in [-0.25, -0.2) is 4.79 Å². The van der Waals surface area contributed by atoms with Crippen LogP contribution < -0.4 is 15.4 Å². The molecule has 0 radical (unpaired) electrons. The maximum Gasteiger partial charge on any atom is 0.314 e. The van der Waals surface area contributed by atoms with Crippen LogP contribution in [0.2, 0.25) is 0 Å². The van der Waals surface area contributed by atoms with Crippen molar-refractivity contribution in [1.29, 1.82) is 0 Å². The van der Waals surface area contributed by atoms with E-state index in [0.717, 1.165) is 16.9 Å². The summed E-state index contributed by atoms with van der Waals surface area (Å²) in [5.41, 5.74) is 2.27. The van der Waals surface area contributed by atoms with Crippen LogP contribution in [0.4, 0.5) is 4.79 Å². The third kappa shape index (κ3) is 7.81. The molecule has 0 aliphatic rings. The van der Waals surface area contributed by atoms with E-state index in [1.807, 2.05) is 26.0 Å². The van der Waals surface area contributed by atoms with Crippen molar-refractivity contribution in [2.75, 3.05) is 19.7 Å². The number of aliphatic carboxylic acids is 1. The molecule has 1 aromatic rings. The topological polar surface area (TPSA) is 87.7 Å². The van der Waals surface area contributed by atoms with Crippen LogP contribution in [0.5, 0.6) is 5.75 Å². The molecule has 0 fully saturated rings. The monoisotopic (exact) mass is 294 g/mol. The number of carbonyl (C=O) groups is 2. The Labute approximate surface area is 124 Å². The van der Waals surface area contributed by atoms with Crippen molar-refractivity contribution in [3.63, 3.8) is 0 Å². The molecule has 0 spiro atoms. The van der Waals surface area contributed by atoms with Gasteiger partial charge in [-0.1, -0.05) is 6.07 Å². The Morgan fingerprint density at radius 1 is 1.10 bits per heavy atom. The van der Waals surface area contributed by atoms with Gasteiger partial charge in [0, 0.05) is 13.0 Å². The maximum absolute atomic E-state index is 11.4. The molecular formula is C15H22N2O4. The fourth-order valence-corrected chi connectivity index (χ4v) is 1.85. The molecule has 2 amide bonds. The van der Waals surface area contributed by atoms with Crippen LogP contribution in [0.1, 0.15) is 24.0 Å². The molecule has 0 saturated carbocycles. The van der Waals surface area contributed by atoms with E-state index in [0.29, 0.717) is 26.1 Å². The summed E-state index contributed by atoms with van der Waals surface area (Å²) in [7, 11) is 0. The standard InChI is InChI=1S/C15H22N2O4/c1-11-8-12(2)10-13(9-11)21-7-6-17-15(20)16-5-3-4-14(18)19/h8-10H,3-7H2,1-2H3,(H,18,19)(H2,16,17,20). The maximum atomic E-state index is 11.4. The molecule has 0 aliphatic heterocycles. The second kappa shape index (κ2) is 8.84. The fourth-order valence-electron chi connectivity index (χ4n) is 1.85. The molecule has 0 aromatic heterocycles. The molecular weight excluding hydrogens is 272 g/mol. The molecule has 1 rings (SSSR count). The van der Waals surface area contributed by atoms with Crippen molar-refractivity contribution in [3.05, 3.63) is 29.3 Å². The number of aryl methyl sites for hydroxylation is 2. The van der Waals surface area contributed by atoms with E-state index >= 15 is 0 Å². The normalized spacial score (nSPS) is 10.0. The van der Waals surface area contributed by atoms with Gasteiger partial charge in [0.05, 0.1) is 6.54 Å². The molecule has 0 saturated heterocycles. The Hall–Kier alpha value is -2.24. The average molecular weight is 294 g/mol. The number of hydrogen-bond donors (Lipinski definition) is 3. The van der Waals surface area contributed by atoms with Crippen molar-refractivity contribution in [2.45, 2.75) is 26.7 Å². The summed E-state index contributed by atoms with van der Waals surface area (Å²) in [6, 6.07) is 5.64. The van der Waals surface area contributed by atoms with Crippen LogP contribution in [0.3, 0.4) is 0 Å². The van der Waals surface area contributed by atoms with Gasteiger partial charge in [-0.3, -0.25) is 4.79 Å². The van der Waals surface area contributed by atoms with Crippen molar-refractivity contribution < 1.29 is 19.4 Å². The number of carbonyl (C=O) groups excluding carboxylic acids is 1. The Morgan fingerprint density at radius 3 is 2.33 bits per heavy atom. The summed E-state index contributed by atoms with van der Waals surface area (Å²) >= 11 is 0. The number of carboxylic acid groups (broad SMARTS) is 1. The highest BCUT2D eigenvalue weighted by Gasteiger charge is 2.01. The molecule has 116 valence electrons. The molecule has 6 nitrogen and oxygen atoms in total. The number of rotatable bonds is 8. The van der Waals surface area contributed by atoms with Gasteiger partial charge >= 0.3 is 12.0 Å². The van der Waals surface area contributed by atoms with Gasteiger partial charge in [0.2, 0.25) is 0 Å². The van der Waals surface area contributed by atoms with E-state index in [2.05, 4.69) is 16.7 Å². The third-order valence-corrected chi connectivity index (χ3v) is 2.70. The first-order chi connectivity index (χ1) is 9.97. The van der Waals surface area contributed by atoms with Crippen molar-refractivity contribution in [3.8, 4) is 5.75 Å². The predicted molar refractivity (Wildman–Crippen MR) is 79.7 cm³/mol. The summed E-state index contributed by atoms with van der Waals surface area (Å²) in [4.78, 5) is 21.7. The first kappa shape index (κ1) is 16.8. The van der Waals surface area contributed by atoms with Crippen LogP contribution in [-0.4, -0.2) is 36.8 Å². The van der Waals surface area contributed by atoms with E-state index in [1.54, 1.807) is 0 Å². The highest BCUT2D eigenvalue weighted by molar-refractivity contribution is 5.73. The molecule has 0 atom stereocenters. The molecule has 3 N–H and O–H groups in total. The average Bonchev–Trinajstić information content (AvgIpc) is 2.38. The Balaban J connectivity index is 2.13. The first-order valence-electron chi connectivity index (χ1n) is 6.92. The van der Waals surface area contributed by atoms with Crippen LogP contribution >= 0.6 is 0 Å². The summed E-state index contributed by atoms with van der Waals surface area (Å²) in [6.45, 7) is 5.12. The van der Waals surface area contributed by atoms with Crippen LogP contribution in [0.15, 0.2) is 18.2 Å². The second-order valence-corrected chi connectivity index (χ2v) is 4.85. The van der Waals surface area contributed by atoms with E-state index in [-0.39, 0.29) is 12.5 Å². The zero-order valence-electron chi connectivity index (χ0n) is 12.4. The number of amides is 2. The molecule has 0 bridgehead atoms. The highest BCUT2D eigenvalue weighted by Crippen LogP contribution is 2.15. The number of hydrogen-bond acceptors (Lipinski definition) is 3. The highest BCUT2D eigenvalue weighted by atomic mass is 16.5. The second-order valence-electron chi connectivity index (χ2n) is 4.85. The fraction of sp³-hybridized carbons (Fsp3) is 0.467. The number of benzene rings is 1. The zero-order chi connectivity index (χ0) is 15.7. The van der Waals surface area contributed by atoms with E-state index in [1.165, 1.54) is 0 Å². The Kier molecular flexibility index (Phi) is 7.08. The van der Waals surface area contributed by atoms with Gasteiger partial charge in [0.1, 0.15) is 12.4 Å². The molecule has 0 heterocycles. The predicted octanol–water partition coefficient (Wildman–Crippen LogP) is 1.85. The van der Waals surface area contributed by atoms with Crippen LogP contribution in [-0.2, 0) is 4.79 Å². The molecule has 21 heavy (non-hydrogen) atoms. The summed E-state index contributed by atoms with van der Waals surface area (Å²) in [5.74, 6) is -0.0739. The lowest BCUT2D eigenvalue weighted by atomic mass is 10.1. The van der Waals surface area contributed by atoms with Gasteiger partial charge in [-0.05, 0) is 43.5 Å². The van der Waals surface area contributed by atoms with Crippen molar-refractivity contribution in [1.82, 2.24) is 10.6 Å². The first-order valence-corrected chi connectivity index (χ1v) is 6.92. The van der Waals surface area contributed by atoms with Crippen LogP contribution in [0, 0.1) is 13.8 Å². The Morgan fingerprint density at radius 2 is 1.71 bits per heavy atom. The van der Waals surface area contributed by atoms with Gasteiger partial charge in [-0.15, -0.1) is 0 Å². The summed E-state index contributed by atoms with van der Waals surface area (Å²) in [6.07, 6.45) is 0.470. The van der Waals surface area contributed by atoms with E-state index in [4.69, 9.17) is 9.84 Å². The Bertz CT molecular complexity index is 468. The van der Waals surface area contributed by atoms with E-state index < -0.39 is 5.97 Å². The quantitative estimate of drug-likeness (QED) is 0.638. The van der Waals surface area contributed by atoms with Crippen molar-refractivity contribution in [2.24, 2.45) is 0 Å². The molecule has 0 aliphatic carbocycles. The number of urea groups is 1. The minimum atomic E-state index is -0.862. The SMILES string of the molecule is Cc1cc(C)cc(OCCNC(=O)NCCCC(=O)O)c1. The molecule has 1 aromatic carbocycles. The van der Waals surface area contributed by atoms with Crippen LogP contribution in [0.25, 0.3) is 0 Å². The lowest BCUT2D eigenvalue weighted by Gasteiger charge is -2.10. The molecule has 6 heteroatoms. The minimum absolute atomic E-state index is 0.0517. The van der Waals surface area contributed by atoms with E-state index in [9.17, 15) is 9.59 Å². The van der Waals surface area contributed by atoms with Gasteiger partial charge in [-0.2, -0.15) is 0 Å². The van der Waals surface area contributed by atoms with Gasteiger partial charge in [0.15, 0.2) is 0 Å². The smallest absolute Gasteiger partial charge is 0.314 e. The third-order valence-electron chi connectivity index (χ3n) is 2.70. The number of ether oxygens (including phenoxy) is 1. The largest absolute Gasteiger partial charge is 0.492 e. The van der Waals surface area contributed by atoms with Gasteiger partial charge in [0.25, 0.3) is 0 Å². The number of nitrogens with one attached hydrogen (secondary N) is 2. The molecule has 0 unspecified atom stereocenters. The number of carboxylic acids is 1. The zero-order valence-corrected chi connectivity index (χ0v) is 12.4. The van der Waals surface area contributed by atoms with Gasteiger partial charge < -0.3 is 20.5 Å². The lowest BCUT2D eigenvalue weighted by Crippen LogP contribution is -2.38. The summed E-state index contributed by atoms with van der Waals surface area (Å²) in [5, 5.41) is 13.7.